The Labute approximate surface area is 127 Å². The molecule has 2 aromatic rings. The Morgan fingerprint density at radius 1 is 0.950 bits per heavy atom. The standard InChI is InChI=1S/C15H14Cl2N2O/c16-13-7-6-12(14(17)8-13)10-19-15(20)18-9-11-4-2-1-3-5-11/h1-8H,9-10H2,(H2,18,19,20). The predicted octanol–water partition coefficient (Wildman–Crippen LogP) is 3.99. The molecule has 0 aliphatic carbocycles. The van der Waals surface area contributed by atoms with Crippen LogP contribution >= 0.6 is 23.2 Å². The SMILES string of the molecule is O=C(NCc1ccccc1)NCc1ccc(Cl)cc1Cl. The molecule has 0 aromatic heterocycles. The van der Waals surface area contributed by atoms with Crippen LogP contribution in [0.2, 0.25) is 10.0 Å². The van der Waals surface area contributed by atoms with Crippen LogP contribution in [0.25, 0.3) is 0 Å². The van der Waals surface area contributed by atoms with Crippen molar-refractivity contribution in [3.63, 3.8) is 0 Å². The van der Waals surface area contributed by atoms with Gasteiger partial charge in [0.15, 0.2) is 0 Å². The average molecular weight is 309 g/mol. The Morgan fingerprint density at radius 3 is 2.35 bits per heavy atom. The van der Waals surface area contributed by atoms with Crippen LogP contribution in [0, 0.1) is 0 Å². The summed E-state index contributed by atoms with van der Waals surface area (Å²) >= 11 is 11.8. The number of nitrogens with one attached hydrogen (secondary N) is 2. The van der Waals surface area contributed by atoms with Gasteiger partial charge < -0.3 is 10.6 Å². The quantitative estimate of drug-likeness (QED) is 0.881. The zero-order chi connectivity index (χ0) is 14.4. The summed E-state index contributed by atoms with van der Waals surface area (Å²) in [6.45, 7) is 0.845. The van der Waals surface area contributed by atoms with E-state index in [2.05, 4.69) is 10.6 Å². The fourth-order valence-corrected chi connectivity index (χ4v) is 2.16. The van der Waals surface area contributed by atoms with E-state index in [-0.39, 0.29) is 6.03 Å². The van der Waals surface area contributed by atoms with E-state index in [1.165, 1.54) is 0 Å². The van der Waals surface area contributed by atoms with Crippen molar-refractivity contribution in [3.8, 4) is 0 Å². The van der Waals surface area contributed by atoms with Gasteiger partial charge in [0.05, 0.1) is 0 Å². The van der Waals surface area contributed by atoms with Gasteiger partial charge in [-0.15, -0.1) is 0 Å². The second kappa shape index (κ2) is 7.17. The summed E-state index contributed by atoms with van der Waals surface area (Å²) in [7, 11) is 0. The normalized spacial score (nSPS) is 10.1. The van der Waals surface area contributed by atoms with Crippen molar-refractivity contribution >= 4 is 29.2 Å². The van der Waals surface area contributed by atoms with Crippen LogP contribution in [0.3, 0.4) is 0 Å². The van der Waals surface area contributed by atoms with Crippen LogP contribution in [0.15, 0.2) is 48.5 Å². The van der Waals surface area contributed by atoms with Crippen LogP contribution in [-0.4, -0.2) is 6.03 Å². The summed E-state index contributed by atoms with van der Waals surface area (Å²) in [6, 6.07) is 14.7. The first-order chi connectivity index (χ1) is 9.65. The third-order valence-electron chi connectivity index (χ3n) is 2.75. The first-order valence-electron chi connectivity index (χ1n) is 6.15. The summed E-state index contributed by atoms with van der Waals surface area (Å²) in [5.41, 5.74) is 1.87. The van der Waals surface area contributed by atoms with Gasteiger partial charge in [0, 0.05) is 23.1 Å². The van der Waals surface area contributed by atoms with E-state index in [0.29, 0.717) is 23.1 Å². The molecule has 0 saturated carbocycles. The number of amides is 2. The second-order valence-electron chi connectivity index (χ2n) is 4.26. The maximum absolute atomic E-state index is 11.7. The summed E-state index contributed by atoms with van der Waals surface area (Å²) in [5.74, 6) is 0. The van der Waals surface area contributed by atoms with Crippen LogP contribution in [0.5, 0.6) is 0 Å². The van der Waals surface area contributed by atoms with Crippen molar-refractivity contribution in [3.05, 3.63) is 69.7 Å². The van der Waals surface area contributed by atoms with Gasteiger partial charge in [0.2, 0.25) is 0 Å². The summed E-state index contributed by atoms with van der Waals surface area (Å²) < 4.78 is 0. The Bertz CT molecular complexity index is 588. The number of halogens is 2. The molecule has 0 atom stereocenters. The molecule has 0 heterocycles. The van der Waals surface area contributed by atoms with Gasteiger partial charge in [-0.2, -0.15) is 0 Å². The Morgan fingerprint density at radius 2 is 1.65 bits per heavy atom. The molecule has 0 aliphatic heterocycles. The Hall–Kier alpha value is -1.71. The summed E-state index contributed by atoms with van der Waals surface area (Å²) in [6.07, 6.45) is 0. The van der Waals surface area contributed by atoms with Gasteiger partial charge >= 0.3 is 6.03 Å². The largest absolute Gasteiger partial charge is 0.334 e. The van der Waals surface area contributed by atoms with Crippen molar-refractivity contribution in [1.29, 1.82) is 0 Å². The molecule has 2 amide bonds. The number of hydrogen-bond acceptors (Lipinski definition) is 1. The summed E-state index contributed by atoms with van der Waals surface area (Å²) in [4.78, 5) is 11.7. The van der Waals surface area contributed by atoms with Crippen molar-refractivity contribution in [2.24, 2.45) is 0 Å². The van der Waals surface area contributed by atoms with E-state index in [0.717, 1.165) is 11.1 Å². The van der Waals surface area contributed by atoms with Crippen molar-refractivity contribution < 1.29 is 4.79 Å². The minimum atomic E-state index is -0.236. The van der Waals surface area contributed by atoms with Crippen LogP contribution in [0.4, 0.5) is 4.79 Å². The second-order valence-corrected chi connectivity index (χ2v) is 5.10. The highest BCUT2D eigenvalue weighted by Gasteiger charge is 2.04. The molecule has 0 spiro atoms. The molecule has 2 rings (SSSR count). The molecule has 0 aliphatic rings. The zero-order valence-corrected chi connectivity index (χ0v) is 12.2. The third kappa shape index (κ3) is 4.44. The van der Waals surface area contributed by atoms with Gasteiger partial charge in [0.25, 0.3) is 0 Å². The first-order valence-corrected chi connectivity index (χ1v) is 6.90. The minimum Gasteiger partial charge on any atom is -0.334 e. The molecule has 3 nitrogen and oxygen atoms in total. The molecule has 0 saturated heterocycles. The maximum Gasteiger partial charge on any atom is 0.315 e. The third-order valence-corrected chi connectivity index (χ3v) is 3.34. The molecule has 20 heavy (non-hydrogen) atoms. The molecular formula is C15H14Cl2N2O. The van der Waals surface area contributed by atoms with E-state index in [9.17, 15) is 4.79 Å². The van der Waals surface area contributed by atoms with E-state index >= 15 is 0 Å². The predicted molar refractivity (Wildman–Crippen MR) is 82.0 cm³/mol. The van der Waals surface area contributed by atoms with E-state index < -0.39 is 0 Å². The highest BCUT2D eigenvalue weighted by atomic mass is 35.5. The number of benzene rings is 2. The number of hydrogen-bond donors (Lipinski definition) is 2. The lowest BCUT2D eigenvalue weighted by Crippen LogP contribution is -2.34. The fourth-order valence-electron chi connectivity index (χ4n) is 1.68. The molecule has 0 bridgehead atoms. The number of rotatable bonds is 4. The lowest BCUT2D eigenvalue weighted by atomic mass is 10.2. The van der Waals surface area contributed by atoms with E-state index in [1.807, 2.05) is 30.3 Å². The van der Waals surface area contributed by atoms with E-state index in [1.54, 1.807) is 18.2 Å². The van der Waals surface area contributed by atoms with Gasteiger partial charge in [-0.3, -0.25) is 0 Å². The van der Waals surface area contributed by atoms with Gasteiger partial charge in [-0.05, 0) is 23.3 Å². The smallest absolute Gasteiger partial charge is 0.315 e. The monoisotopic (exact) mass is 308 g/mol. The topological polar surface area (TPSA) is 41.1 Å². The Kier molecular flexibility index (Phi) is 5.27. The van der Waals surface area contributed by atoms with Crippen LogP contribution in [0.1, 0.15) is 11.1 Å². The van der Waals surface area contributed by atoms with Crippen LogP contribution in [-0.2, 0) is 13.1 Å². The highest BCUT2D eigenvalue weighted by molar-refractivity contribution is 6.35. The first kappa shape index (κ1) is 14.7. The molecule has 2 aromatic carbocycles. The number of urea groups is 1. The summed E-state index contributed by atoms with van der Waals surface area (Å²) in [5, 5.41) is 6.65. The number of carbonyl (C=O) groups is 1. The van der Waals surface area contributed by atoms with Gasteiger partial charge in [-0.25, -0.2) is 4.79 Å². The van der Waals surface area contributed by atoms with Gasteiger partial charge in [0.1, 0.15) is 0 Å². The van der Waals surface area contributed by atoms with Crippen molar-refractivity contribution in [1.82, 2.24) is 10.6 Å². The molecular weight excluding hydrogens is 295 g/mol. The molecule has 0 radical (unpaired) electrons. The minimum absolute atomic E-state index is 0.236. The maximum atomic E-state index is 11.7. The molecule has 5 heteroatoms. The fraction of sp³-hybridized carbons (Fsp3) is 0.133. The zero-order valence-electron chi connectivity index (χ0n) is 10.7. The molecule has 0 fully saturated rings. The lowest BCUT2D eigenvalue weighted by molar-refractivity contribution is 0.240. The number of carbonyl (C=O) groups excluding carboxylic acids is 1. The van der Waals surface area contributed by atoms with E-state index in [4.69, 9.17) is 23.2 Å². The highest BCUT2D eigenvalue weighted by Crippen LogP contribution is 2.20. The average Bonchev–Trinajstić information content (AvgIpc) is 2.45. The van der Waals surface area contributed by atoms with Crippen molar-refractivity contribution in [2.75, 3.05) is 0 Å². The van der Waals surface area contributed by atoms with Crippen LogP contribution < -0.4 is 10.6 Å². The molecule has 2 N–H and O–H groups in total. The van der Waals surface area contributed by atoms with Crippen molar-refractivity contribution in [2.45, 2.75) is 13.1 Å². The van der Waals surface area contributed by atoms with Gasteiger partial charge in [-0.1, -0.05) is 59.6 Å². The Balaban J connectivity index is 1.80. The lowest BCUT2D eigenvalue weighted by Gasteiger charge is -2.09. The molecule has 0 unspecified atom stereocenters. The molecule has 104 valence electrons.